The third-order valence-electron chi connectivity index (χ3n) is 3.54. The number of halogens is 2. The Bertz CT molecular complexity index is 646. The molecule has 0 aromatic heterocycles. The second-order valence-electron chi connectivity index (χ2n) is 5.10. The van der Waals surface area contributed by atoms with Crippen molar-refractivity contribution in [1.82, 2.24) is 5.32 Å². The van der Waals surface area contributed by atoms with E-state index in [-0.39, 0.29) is 24.4 Å². The summed E-state index contributed by atoms with van der Waals surface area (Å²) in [5.74, 6) is -0.498. The highest BCUT2D eigenvalue weighted by Crippen LogP contribution is 2.26. The Hall–Kier alpha value is -1.55. The molecule has 3 N–H and O–H groups in total. The van der Waals surface area contributed by atoms with Gasteiger partial charge in [-0.1, -0.05) is 59.6 Å². The summed E-state index contributed by atoms with van der Waals surface area (Å²) in [6, 6.07) is 14.5. The number of hydrogen-bond acceptors (Lipinski definition) is 2. The number of benzene rings is 2. The van der Waals surface area contributed by atoms with Gasteiger partial charge in [-0.3, -0.25) is 4.79 Å². The van der Waals surface area contributed by atoms with Crippen LogP contribution in [0.5, 0.6) is 0 Å². The molecule has 116 valence electrons. The largest absolute Gasteiger partial charge is 0.349 e. The first-order chi connectivity index (χ1) is 10.5. The summed E-state index contributed by atoms with van der Waals surface area (Å²) < 4.78 is 0. The van der Waals surface area contributed by atoms with E-state index in [4.69, 9.17) is 28.9 Å². The number of rotatable bonds is 5. The van der Waals surface area contributed by atoms with Crippen molar-refractivity contribution < 1.29 is 4.79 Å². The highest BCUT2D eigenvalue weighted by Gasteiger charge is 2.21. The van der Waals surface area contributed by atoms with E-state index in [9.17, 15) is 4.79 Å². The first-order valence-corrected chi connectivity index (χ1v) is 7.79. The Morgan fingerprint density at radius 3 is 2.45 bits per heavy atom. The molecule has 0 saturated heterocycles. The Labute approximate surface area is 140 Å². The summed E-state index contributed by atoms with van der Waals surface area (Å²) in [6.45, 7) is 2.13. The van der Waals surface area contributed by atoms with Gasteiger partial charge in [0.25, 0.3) is 0 Å². The molecule has 1 amide bonds. The van der Waals surface area contributed by atoms with Gasteiger partial charge in [0.1, 0.15) is 0 Å². The van der Waals surface area contributed by atoms with Crippen LogP contribution in [-0.4, -0.2) is 12.5 Å². The molecular formula is C17H18Cl2N2O. The molecule has 0 aliphatic heterocycles. The topological polar surface area (TPSA) is 55.1 Å². The lowest BCUT2D eigenvalue weighted by Crippen LogP contribution is -2.35. The van der Waals surface area contributed by atoms with Gasteiger partial charge in [0.2, 0.25) is 5.91 Å². The highest BCUT2D eigenvalue weighted by atomic mass is 35.5. The van der Waals surface area contributed by atoms with Crippen molar-refractivity contribution >= 4 is 29.1 Å². The lowest BCUT2D eigenvalue weighted by Gasteiger charge is -2.20. The van der Waals surface area contributed by atoms with Gasteiger partial charge < -0.3 is 11.1 Å². The van der Waals surface area contributed by atoms with Crippen molar-refractivity contribution in [1.29, 1.82) is 0 Å². The molecule has 2 rings (SSSR count). The average Bonchev–Trinajstić information content (AvgIpc) is 2.48. The Kier molecular flexibility index (Phi) is 5.83. The first kappa shape index (κ1) is 16.8. The molecule has 0 unspecified atom stereocenters. The van der Waals surface area contributed by atoms with E-state index in [1.807, 2.05) is 43.3 Å². The standard InChI is InChI=1S/C17H18Cl2N2O/c1-11(14-8-7-13(18)9-16(14)19)21-17(22)15(10-20)12-5-3-2-4-6-12/h2-9,11,15H,10,20H2,1H3,(H,21,22)/t11-,15+/m0/s1. The molecule has 0 heterocycles. The van der Waals surface area contributed by atoms with Crippen LogP contribution < -0.4 is 11.1 Å². The van der Waals surface area contributed by atoms with Crippen LogP contribution in [0.2, 0.25) is 10.0 Å². The molecule has 2 aromatic rings. The average molecular weight is 337 g/mol. The maximum Gasteiger partial charge on any atom is 0.229 e. The molecule has 22 heavy (non-hydrogen) atoms. The molecule has 0 fully saturated rings. The van der Waals surface area contributed by atoms with Gasteiger partial charge in [0.15, 0.2) is 0 Å². The van der Waals surface area contributed by atoms with E-state index in [0.29, 0.717) is 10.0 Å². The third kappa shape index (κ3) is 4.01. The molecule has 0 spiro atoms. The second kappa shape index (κ2) is 7.63. The smallest absolute Gasteiger partial charge is 0.229 e. The maximum absolute atomic E-state index is 12.5. The van der Waals surface area contributed by atoms with Gasteiger partial charge in [-0.05, 0) is 30.2 Å². The fraction of sp³-hybridized carbons (Fsp3) is 0.235. The fourth-order valence-electron chi connectivity index (χ4n) is 2.32. The van der Waals surface area contributed by atoms with Crippen LogP contribution in [0.4, 0.5) is 0 Å². The lowest BCUT2D eigenvalue weighted by atomic mass is 9.97. The van der Waals surface area contributed by atoms with E-state index < -0.39 is 0 Å². The van der Waals surface area contributed by atoms with Gasteiger partial charge in [-0.2, -0.15) is 0 Å². The van der Waals surface area contributed by atoms with Crippen molar-refractivity contribution in [3.8, 4) is 0 Å². The predicted molar refractivity (Wildman–Crippen MR) is 91.3 cm³/mol. The van der Waals surface area contributed by atoms with E-state index in [0.717, 1.165) is 11.1 Å². The van der Waals surface area contributed by atoms with Crippen molar-refractivity contribution in [3.63, 3.8) is 0 Å². The van der Waals surface area contributed by atoms with Gasteiger partial charge in [-0.15, -0.1) is 0 Å². The zero-order chi connectivity index (χ0) is 16.1. The predicted octanol–water partition coefficient (Wildman–Crippen LogP) is 3.91. The summed E-state index contributed by atoms with van der Waals surface area (Å²) in [6.07, 6.45) is 0. The fourth-order valence-corrected chi connectivity index (χ4v) is 2.90. The number of nitrogens with one attached hydrogen (secondary N) is 1. The first-order valence-electron chi connectivity index (χ1n) is 7.03. The van der Waals surface area contributed by atoms with Crippen molar-refractivity contribution in [2.45, 2.75) is 18.9 Å². The van der Waals surface area contributed by atoms with Crippen LogP contribution in [0.15, 0.2) is 48.5 Å². The number of carbonyl (C=O) groups excluding carboxylic acids is 1. The van der Waals surface area contributed by atoms with Crippen LogP contribution in [0.3, 0.4) is 0 Å². The van der Waals surface area contributed by atoms with E-state index in [2.05, 4.69) is 5.32 Å². The van der Waals surface area contributed by atoms with Crippen LogP contribution in [0.25, 0.3) is 0 Å². The van der Waals surface area contributed by atoms with Gasteiger partial charge >= 0.3 is 0 Å². The summed E-state index contributed by atoms with van der Waals surface area (Å²) in [4.78, 5) is 12.5. The van der Waals surface area contributed by atoms with Gasteiger partial charge in [0.05, 0.1) is 12.0 Å². The quantitative estimate of drug-likeness (QED) is 0.869. The van der Waals surface area contributed by atoms with Crippen LogP contribution in [0.1, 0.15) is 30.0 Å². The summed E-state index contributed by atoms with van der Waals surface area (Å²) in [5, 5.41) is 4.06. The van der Waals surface area contributed by atoms with Crippen molar-refractivity contribution in [2.24, 2.45) is 5.73 Å². The number of hydrogen-bond donors (Lipinski definition) is 2. The van der Waals surface area contributed by atoms with E-state index in [1.54, 1.807) is 12.1 Å². The van der Waals surface area contributed by atoms with E-state index >= 15 is 0 Å². The molecule has 5 heteroatoms. The summed E-state index contributed by atoms with van der Waals surface area (Å²) >= 11 is 12.1. The zero-order valence-electron chi connectivity index (χ0n) is 12.2. The summed E-state index contributed by atoms with van der Waals surface area (Å²) in [7, 11) is 0. The number of carbonyl (C=O) groups is 1. The minimum absolute atomic E-state index is 0.118. The number of nitrogens with two attached hydrogens (primary N) is 1. The van der Waals surface area contributed by atoms with Crippen molar-refractivity contribution in [2.75, 3.05) is 6.54 Å². The Balaban J connectivity index is 2.13. The molecular weight excluding hydrogens is 319 g/mol. The zero-order valence-corrected chi connectivity index (χ0v) is 13.7. The lowest BCUT2D eigenvalue weighted by molar-refractivity contribution is -0.123. The normalized spacial score (nSPS) is 13.5. The number of amides is 1. The van der Waals surface area contributed by atoms with Crippen LogP contribution in [-0.2, 0) is 4.79 Å². The molecule has 2 aromatic carbocycles. The summed E-state index contributed by atoms with van der Waals surface area (Å²) in [5.41, 5.74) is 7.49. The molecule has 3 nitrogen and oxygen atoms in total. The highest BCUT2D eigenvalue weighted by molar-refractivity contribution is 6.35. The third-order valence-corrected chi connectivity index (χ3v) is 4.10. The molecule has 0 aliphatic rings. The molecule has 0 saturated carbocycles. The Morgan fingerprint density at radius 1 is 1.18 bits per heavy atom. The van der Waals surface area contributed by atoms with Gasteiger partial charge in [0, 0.05) is 16.6 Å². The monoisotopic (exact) mass is 336 g/mol. The maximum atomic E-state index is 12.5. The molecule has 0 aliphatic carbocycles. The van der Waals surface area contributed by atoms with Crippen LogP contribution in [0, 0.1) is 0 Å². The van der Waals surface area contributed by atoms with Gasteiger partial charge in [-0.25, -0.2) is 0 Å². The van der Waals surface area contributed by atoms with Crippen molar-refractivity contribution in [3.05, 3.63) is 69.7 Å². The van der Waals surface area contributed by atoms with E-state index in [1.165, 1.54) is 0 Å². The molecule has 0 radical (unpaired) electrons. The minimum Gasteiger partial charge on any atom is -0.349 e. The molecule has 2 atom stereocenters. The SMILES string of the molecule is C[C@H](NC(=O)[C@H](CN)c1ccccc1)c1ccc(Cl)cc1Cl. The second-order valence-corrected chi connectivity index (χ2v) is 5.94. The Morgan fingerprint density at radius 2 is 1.86 bits per heavy atom. The minimum atomic E-state index is -0.380. The van der Waals surface area contributed by atoms with Crippen LogP contribution >= 0.6 is 23.2 Å². The molecule has 0 bridgehead atoms.